The first-order valence-corrected chi connectivity index (χ1v) is 4.85. The number of halogens is 2. The van der Waals surface area contributed by atoms with Gasteiger partial charge in [0.15, 0.2) is 0 Å². The zero-order valence-corrected chi connectivity index (χ0v) is 9.42. The molecule has 16 heavy (non-hydrogen) atoms. The number of carbonyl (C=O) groups excluding carboxylic acids is 1. The van der Waals surface area contributed by atoms with Crippen molar-refractivity contribution in [1.29, 1.82) is 0 Å². The SMILES string of the molecule is CC(C)(C)C(F)(F)c1ccc(N=C=O)cc1. The largest absolute Gasteiger partial charge is 0.277 e. The number of nitrogens with zero attached hydrogens (tertiary/aromatic N) is 1. The van der Waals surface area contributed by atoms with Gasteiger partial charge in [0.1, 0.15) is 0 Å². The molecule has 1 aromatic carbocycles. The fourth-order valence-electron chi connectivity index (χ4n) is 1.23. The van der Waals surface area contributed by atoms with Gasteiger partial charge in [-0.3, -0.25) is 0 Å². The molecule has 4 heteroatoms. The van der Waals surface area contributed by atoms with Crippen LogP contribution in [0.5, 0.6) is 0 Å². The third-order valence-electron chi connectivity index (χ3n) is 2.35. The number of isocyanates is 1. The van der Waals surface area contributed by atoms with E-state index < -0.39 is 11.3 Å². The minimum Gasteiger partial charge on any atom is -0.211 e. The average Bonchev–Trinajstić information content (AvgIpc) is 2.17. The smallest absolute Gasteiger partial charge is 0.211 e. The van der Waals surface area contributed by atoms with E-state index in [1.165, 1.54) is 51.1 Å². The van der Waals surface area contributed by atoms with Gasteiger partial charge in [0.05, 0.1) is 5.69 Å². The van der Waals surface area contributed by atoms with E-state index in [0.29, 0.717) is 5.69 Å². The van der Waals surface area contributed by atoms with Crippen LogP contribution in [0.2, 0.25) is 0 Å². The number of hydrogen-bond acceptors (Lipinski definition) is 2. The molecule has 0 spiro atoms. The molecule has 0 N–H and O–H groups in total. The molecule has 0 bridgehead atoms. The predicted molar refractivity (Wildman–Crippen MR) is 57.6 cm³/mol. The molecular weight excluding hydrogens is 212 g/mol. The van der Waals surface area contributed by atoms with Crippen LogP contribution in [0.1, 0.15) is 26.3 Å². The van der Waals surface area contributed by atoms with Crippen LogP contribution in [-0.4, -0.2) is 6.08 Å². The lowest BCUT2D eigenvalue weighted by molar-refractivity contribution is -0.104. The Hall–Kier alpha value is -1.54. The molecule has 0 atom stereocenters. The highest BCUT2D eigenvalue weighted by molar-refractivity contribution is 5.49. The molecular formula is C12H13F2NO. The topological polar surface area (TPSA) is 29.4 Å². The summed E-state index contributed by atoms with van der Waals surface area (Å²) in [5, 5.41) is 0. The van der Waals surface area contributed by atoms with Crippen molar-refractivity contribution in [1.82, 2.24) is 0 Å². The van der Waals surface area contributed by atoms with Crippen molar-refractivity contribution in [3.05, 3.63) is 29.8 Å². The highest BCUT2D eigenvalue weighted by atomic mass is 19.3. The quantitative estimate of drug-likeness (QED) is 0.556. The van der Waals surface area contributed by atoms with Gasteiger partial charge in [-0.05, 0) is 12.1 Å². The molecule has 0 heterocycles. The summed E-state index contributed by atoms with van der Waals surface area (Å²) in [5.41, 5.74) is -0.907. The highest BCUT2D eigenvalue weighted by Gasteiger charge is 2.44. The lowest BCUT2D eigenvalue weighted by Crippen LogP contribution is -2.31. The summed E-state index contributed by atoms with van der Waals surface area (Å²) >= 11 is 0. The Balaban J connectivity index is 3.11. The molecule has 0 aliphatic carbocycles. The van der Waals surface area contributed by atoms with E-state index in [4.69, 9.17) is 0 Å². The van der Waals surface area contributed by atoms with Gasteiger partial charge in [-0.2, -0.15) is 4.99 Å². The van der Waals surface area contributed by atoms with E-state index in [0.717, 1.165) is 0 Å². The Bertz CT molecular complexity index is 412. The number of aliphatic imine (C=N–C) groups is 1. The second kappa shape index (κ2) is 4.14. The summed E-state index contributed by atoms with van der Waals surface area (Å²) in [6.07, 6.45) is 1.36. The van der Waals surface area contributed by atoms with E-state index in [1.807, 2.05) is 0 Å². The van der Waals surface area contributed by atoms with E-state index in [2.05, 4.69) is 4.99 Å². The van der Waals surface area contributed by atoms with Crippen molar-refractivity contribution in [2.75, 3.05) is 0 Å². The predicted octanol–water partition coefficient (Wildman–Crippen LogP) is 3.79. The molecule has 0 unspecified atom stereocenters. The minimum atomic E-state index is -2.92. The standard InChI is InChI=1S/C12H13F2NO/c1-11(2,3)12(13,14)9-4-6-10(7-5-9)15-8-16/h4-7H,1-3H3. The number of hydrogen-bond donors (Lipinski definition) is 0. The highest BCUT2D eigenvalue weighted by Crippen LogP contribution is 2.44. The maximum Gasteiger partial charge on any atom is 0.277 e. The second-order valence-electron chi connectivity index (χ2n) is 4.57. The Morgan fingerprint density at radius 3 is 2.00 bits per heavy atom. The van der Waals surface area contributed by atoms with Gasteiger partial charge < -0.3 is 0 Å². The number of rotatable bonds is 2. The van der Waals surface area contributed by atoms with E-state index in [-0.39, 0.29) is 5.56 Å². The molecule has 0 saturated heterocycles. The van der Waals surface area contributed by atoms with Crippen LogP contribution in [0.4, 0.5) is 14.5 Å². The first-order valence-electron chi connectivity index (χ1n) is 4.85. The summed E-state index contributed by atoms with van der Waals surface area (Å²) in [4.78, 5) is 13.3. The van der Waals surface area contributed by atoms with Gasteiger partial charge in [-0.1, -0.05) is 32.9 Å². The van der Waals surface area contributed by atoms with Crippen LogP contribution >= 0.6 is 0 Å². The first kappa shape index (κ1) is 12.5. The lowest BCUT2D eigenvalue weighted by Gasteiger charge is -2.30. The maximum atomic E-state index is 13.9. The molecule has 86 valence electrons. The van der Waals surface area contributed by atoms with Crippen LogP contribution in [0.25, 0.3) is 0 Å². The summed E-state index contributed by atoms with van der Waals surface area (Å²) in [6.45, 7) is 4.43. The Labute approximate surface area is 93.0 Å². The Morgan fingerprint density at radius 2 is 1.62 bits per heavy atom. The fourth-order valence-corrected chi connectivity index (χ4v) is 1.23. The Morgan fingerprint density at radius 1 is 1.12 bits per heavy atom. The number of benzene rings is 1. The Kier molecular flexibility index (Phi) is 3.24. The monoisotopic (exact) mass is 225 g/mol. The minimum absolute atomic E-state index is 0.0788. The lowest BCUT2D eigenvalue weighted by atomic mass is 9.83. The molecule has 0 aliphatic rings. The van der Waals surface area contributed by atoms with Crippen molar-refractivity contribution in [2.45, 2.75) is 26.7 Å². The molecule has 2 nitrogen and oxygen atoms in total. The van der Waals surface area contributed by atoms with Crippen molar-refractivity contribution < 1.29 is 13.6 Å². The fraction of sp³-hybridized carbons (Fsp3) is 0.417. The second-order valence-corrected chi connectivity index (χ2v) is 4.57. The van der Waals surface area contributed by atoms with Crippen LogP contribution < -0.4 is 0 Å². The molecule has 0 aromatic heterocycles. The van der Waals surface area contributed by atoms with Gasteiger partial charge in [0.25, 0.3) is 5.92 Å². The molecule has 1 rings (SSSR count). The van der Waals surface area contributed by atoms with Gasteiger partial charge in [-0.25, -0.2) is 13.6 Å². The van der Waals surface area contributed by atoms with Crippen molar-refractivity contribution in [2.24, 2.45) is 10.4 Å². The molecule has 0 saturated carbocycles. The summed E-state index contributed by atoms with van der Waals surface area (Å²) < 4.78 is 27.7. The van der Waals surface area contributed by atoms with E-state index in [1.54, 1.807) is 0 Å². The third kappa shape index (κ3) is 2.34. The van der Waals surface area contributed by atoms with Crippen LogP contribution in [0, 0.1) is 5.41 Å². The molecule has 0 aliphatic heterocycles. The van der Waals surface area contributed by atoms with Crippen LogP contribution in [0.3, 0.4) is 0 Å². The van der Waals surface area contributed by atoms with Crippen molar-refractivity contribution >= 4 is 11.8 Å². The normalized spacial score (nSPS) is 12.1. The van der Waals surface area contributed by atoms with Crippen LogP contribution in [0.15, 0.2) is 29.3 Å². The zero-order chi connectivity index (χ0) is 12.4. The zero-order valence-electron chi connectivity index (χ0n) is 9.42. The molecule has 0 radical (unpaired) electrons. The maximum absolute atomic E-state index is 13.9. The third-order valence-corrected chi connectivity index (χ3v) is 2.35. The van der Waals surface area contributed by atoms with Crippen LogP contribution in [-0.2, 0) is 10.7 Å². The summed E-state index contributed by atoms with van der Waals surface area (Å²) in [6, 6.07) is 5.31. The molecule has 0 fully saturated rings. The average molecular weight is 225 g/mol. The van der Waals surface area contributed by atoms with Crippen molar-refractivity contribution in [3.63, 3.8) is 0 Å². The van der Waals surface area contributed by atoms with Gasteiger partial charge in [-0.15, -0.1) is 0 Å². The summed E-state index contributed by atoms with van der Waals surface area (Å²) in [7, 11) is 0. The van der Waals surface area contributed by atoms with Gasteiger partial charge in [0.2, 0.25) is 6.08 Å². The molecule has 0 amide bonds. The van der Waals surface area contributed by atoms with Gasteiger partial charge >= 0.3 is 0 Å². The van der Waals surface area contributed by atoms with Gasteiger partial charge in [0, 0.05) is 11.0 Å². The van der Waals surface area contributed by atoms with Crippen molar-refractivity contribution in [3.8, 4) is 0 Å². The number of alkyl halides is 2. The summed E-state index contributed by atoms with van der Waals surface area (Å²) in [5.74, 6) is -2.92. The van der Waals surface area contributed by atoms with E-state index in [9.17, 15) is 13.6 Å². The molecule has 1 aromatic rings. The van der Waals surface area contributed by atoms with E-state index >= 15 is 0 Å². The first-order chi connectivity index (χ1) is 7.29.